The van der Waals surface area contributed by atoms with E-state index in [1.54, 1.807) is 0 Å². The zero-order valence-corrected chi connectivity index (χ0v) is 18.3. The van der Waals surface area contributed by atoms with E-state index >= 15 is 0 Å². The summed E-state index contributed by atoms with van der Waals surface area (Å²) in [6.45, 7) is 7.37. The molecule has 0 aromatic carbocycles. The van der Waals surface area contributed by atoms with Crippen LogP contribution in [0.25, 0.3) is 0 Å². The number of ether oxygens (including phenoxy) is 1. The molecule has 0 N–H and O–H groups in total. The van der Waals surface area contributed by atoms with Crippen molar-refractivity contribution in [3.63, 3.8) is 0 Å². The van der Waals surface area contributed by atoms with Crippen molar-refractivity contribution in [1.82, 2.24) is 0 Å². The lowest BCUT2D eigenvalue weighted by atomic mass is 9.94. The predicted octanol–water partition coefficient (Wildman–Crippen LogP) is 8.23. The summed E-state index contributed by atoms with van der Waals surface area (Å²) < 4.78 is 5.62. The highest BCUT2D eigenvalue weighted by atomic mass is 16.5. The van der Waals surface area contributed by atoms with Crippen LogP contribution in [0.15, 0.2) is 0 Å². The van der Waals surface area contributed by atoms with Gasteiger partial charge in [0.05, 0.1) is 12.5 Å². The standard InChI is InChI=1S/C24H48O2/c1-4-7-10-13-15-18-21-23(20-17-12-9-6-3)24(25)26-22-19-16-14-11-8-5-2/h23H,4-22H2,1-3H3. The summed E-state index contributed by atoms with van der Waals surface area (Å²) in [6, 6.07) is 0. The molecule has 0 bridgehead atoms. The first-order chi connectivity index (χ1) is 12.8. The Balaban J connectivity index is 3.95. The summed E-state index contributed by atoms with van der Waals surface area (Å²) in [6.07, 6.45) is 22.3. The molecule has 2 nitrogen and oxygen atoms in total. The van der Waals surface area contributed by atoms with Crippen molar-refractivity contribution in [3.8, 4) is 0 Å². The van der Waals surface area contributed by atoms with Crippen molar-refractivity contribution >= 4 is 5.97 Å². The number of hydrogen-bond donors (Lipinski definition) is 0. The third-order valence-electron chi connectivity index (χ3n) is 5.39. The average Bonchev–Trinajstić information content (AvgIpc) is 2.65. The molecule has 0 fully saturated rings. The largest absolute Gasteiger partial charge is 0.465 e. The van der Waals surface area contributed by atoms with E-state index in [-0.39, 0.29) is 11.9 Å². The number of carbonyl (C=O) groups is 1. The van der Waals surface area contributed by atoms with E-state index in [9.17, 15) is 4.79 Å². The van der Waals surface area contributed by atoms with E-state index in [0.29, 0.717) is 6.61 Å². The Morgan fingerprint density at radius 3 is 1.46 bits per heavy atom. The fraction of sp³-hybridized carbons (Fsp3) is 0.958. The second kappa shape index (κ2) is 20.8. The van der Waals surface area contributed by atoms with Crippen LogP contribution in [0, 0.1) is 5.92 Å². The molecule has 26 heavy (non-hydrogen) atoms. The summed E-state index contributed by atoms with van der Waals surface area (Å²) in [7, 11) is 0. The number of carbonyl (C=O) groups excluding carboxylic acids is 1. The number of unbranched alkanes of at least 4 members (excludes halogenated alkanes) is 13. The van der Waals surface area contributed by atoms with Gasteiger partial charge in [-0.15, -0.1) is 0 Å². The van der Waals surface area contributed by atoms with E-state index < -0.39 is 0 Å². The van der Waals surface area contributed by atoms with Crippen molar-refractivity contribution in [2.75, 3.05) is 6.61 Å². The minimum atomic E-state index is 0.0867. The van der Waals surface area contributed by atoms with Gasteiger partial charge in [-0.25, -0.2) is 0 Å². The van der Waals surface area contributed by atoms with Crippen LogP contribution in [0.4, 0.5) is 0 Å². The molecular weight excluding hydrogens is 320 g/mol. The van der Waals surface area contributed by atoms with Crippen LogP contribution < -0.4 is 0 Å². The van der Waals surface area contributed by atoms with Crippen molar-refractivity contribution in [1.29, 1.82) is 0 Å². The Kier molecular flexibility index (Phi) is 20.4. The topological polar surface area (TPSA) is 26.3 Å². The van der Waals surface area contributed by atoms with Crippen LogP contribution in [0.2, 0.25) is 0 Å². The highest BCUT2D eigenvalue weighted by Gasteiger charge is 2.19. The minimum absolute atomic E-state index is 0.0867. The molecule has 2 heteroatoms. The second-order valence-electron chi connectivity index (χ2n) is 8.04. The maximum Gasteiger partial charge on any atom is 0.308 e. The summed E-state index contributed by atoms with van der Waals surface area (Å²) in [4.78, 5) is 12.5. The van der Waals surface area contributed by atoms with Gasteiger partial charge in [0.2, 0.25) is 0 Å². The zero-order chi connectivity index (χ0) is 19.3. The monoisotopic (exact) mass is 368 g/mol. The van der Waals surface area contributed by atoms with E-state index in [0.717, 1.165) is 19.3 Å². The van der Waals surface area contributed by atoms with E-state index in [1.807, 2.05) is 0 Å². The third-order valence-corrected chi connectivity index (χ3v) is 5.39. The van der Waals surface area contributed by atoms with Gasteiger partial charge in [0, 0.05) is 0 Å². The number of rotatable bonds is 20. The van der Waals surface area contributed by atoms with Gasteiger partial charge in [0.1, 0.15) is 0 Å². The first-order valence-electron chi connectivity index (χ1n) is 11.9. The Morgan fingerprint density at radius 1 is 0.577 bits per heavy atom. The van der Waals surface area contributed by atoms with Crippen LogP contribution in [-0.4, -0.2) is 12.6 Å². The fourth-order valence-corrected chi connectivity index (χ4v) is 3.54. The molecule has 0 radical (unpaired) electrons. The molecule has 0 spiro atoms. The summed E-state index contributed by atoms with van der Waals surface area (Å²) in [5, 5.41) is 0. The van der Waals surface area contributed by atoms with Crippen LogP contribution in [0.3, 0.4) is 0 Å². The van der Waals surface area contributed by atoms with E-state index in [4.69, 9.17) is 4.74 Å². The molecule has 0 aromatic heterocycles. The molecule has 0 aliphatic carbocycles. The highest BCUT2D eigenvalue weighted by molar-refractivity contribution is 5.72. The number of hydrogen-bond acceptors (Lipinski definition) is 2. The lowest BCUT2D eigenvalue weighted by molar-refractivity contribution is -0.149. The van der Waals surface area contributed by atoms with Gasteiger partial charge in [-0.3, -0.25) is 4.79 Å². The molecule has 0 amide bonds. The van der Waals surface area contributed by atoms with Gasteiger partial charge < -0.3 is 4.74 Å². The highest BCUT2D eigenvalue weighted by Crippen LogP contribution is 2.20. The third kappa shape index (κ3) is 16.9. The minimum Gasteiger partial charge on any atom is -0.465 e. The molecule has 0 heterocycles. The Labute approximate surface area is 164 Å². The molecule has 0 aliphatic rings. The molecule has 0 rings (SSSR count). The van der Waals surface area contributed by atoms with Crippen LogP contribution in [0.1, 0.15) is 136 Å². The van der Waals surface area contributed by atoms with Gasteiger partial charge in [0.25, 0.3) is 0 Å². The summed E-state index contributed by atoms with van der Waals surface area (Å²) in [5.41, 5.74) is 0. The van der Waals surface area contributed by atoms with Gasteiger partial charge >= 0.3 is 5.97 Å². The molecule has 156 valence electrons. The van der Waals surface area contributed by atoms with Crippen LogP contribution in [-0.2, 0) is 9.53 Å². The normalized spacial score (nSPS) is 12.3. The van der Waals surface area contributed by atoms with E-state index in [2.05, 4.69) is 20.8 Å². The SMILES string of the molecule is CCCCCCCCOC(=O)C(CCCCCC)CCCCCCCC. The molecule has 0 saturated carbocycles. The van der Waals surface area contributed by atoms with Crippen molar-refractivity contribution < 1.29 is 9.53 Å². The lowest BCUT2D eigenvalue weighted by Crippen LogP contribution is -2.18. The summed E-state index contributed by atoms with van der Waals surface area (Å²) in [5.74, 6) is 0.238. The Hall–Kier alpha value is -0.530. The van der Waals surface area contributed by atoms with Crippen molar-refractivity contribution in [3.05, 3.63) is 0 Å². The quantitative estimate of drug-likeness (QED) is 0.160. The molecule has 0 aromatic rings. The van der Waals surface area contributed by atoms with Gasteiger partial charge in [-0.1, -0.05) is 117 Å². The molecule has 1 atom stereocenters. The van der Waals surface area contributed by atoms with E-state index in [1.165, 1.54) is 96.3 Å². The first-order valence-corrected chi connectivity index (χ1v) is 11.9. The average molecular weight is 369 g/mol. The number of esters is 1. The lowest BCUT2D eigenvalue weighted by Gasteiger charge is -2.16. The Bertz CT molecular complexity index is 288. The predicted molar refractivity (Wildman–Crippen MR) is 115 cm³/mol. The van der Waals surface area contributed by atoms with Crippen molar-refractivity contribution in [2.24, 2.45) is 5.92 Å². The second-order valence-corrected chi connectivity index (χ2v) is 8.04. The van der Waals surface area contributed by atoms with Crippen LogP contribution in [0.5, 0.6) is 0 Å². The molecule has 1 unspecified atom stereocenters. The van der Waals surface area contributed by atoms with Gasteiger partial charge in [0.15, 0.2) is 0 Å². The first kappa shape index (κ1) is 25.5. The van der Waals surface area contributed by atoms with Crippen molar-refractivity contribution in [2.45, 2.75) is 136 Å². The molecular formula is C24H48O2. The maximum atomic E-state index is 12.5. The van der Waals surface area contributed by atoms with Crippen LogP contribution >= 0.6 is 0 Å². The fourth-order valence-electron chi connectivity index (χ4n) is 3.54. The smallest absolute Gasteiger partial charge is 0.308 e. The maximum absolute atomic E-state index is 12.5. The summed E-state index contributed by atoms with van der Waals surface area (Å²) >= 11 is 0. The molecule has 0 saturated heterocycles. The molecule has 0 aliphatic heterocycles. The van der Waals surface area contributed by atoms with Gasteiger partial charge in [-0.2, -0.15) is 0 Å². The Morgan fingerprint density at radius 2 is 0.962 bits per heavy atom. The van der Waals surface area contributed by atoms with Gasteiger partial charge in [-0.05, 0) is 19.3 Å². The zero-order valence-electron chi connectivity index (χ0n) is 18.3.